The Morgan fingerprint density at radius 3 is 2.61 bits per heavy atom. The fourth-order valence-corrected chi connectivity index (χ4v) is 1.57. The first-order chi connectivity index (χ1) is 8.41. The van der Waals surface area contributed by atoms with Crippen LogP contribution in [0.4, 0.5) is 13.2 Å². The molecule has 0 fully saturated rings. The molecule has 0 saturated carbocycles. The van der Waals surface area contributed by atoms with Crippen molar-refractivity contribution < 1.29 is 13.2 Å². The molecule has 1 aromatic heterocycles. The highest BCUT2D eigenvalue weighted by molar-refractivity contribution is 6.30. The minimum absolute atomic E-state index is 0.152. The summed E-state index contributed by atoms with van der Waals surface area (Å²) in [4.78, 5) is 0. The largest absolute Gasteiger partial charge is 0.419 e. The lowest BCUT2D eigenvalue weighted by atomic mass is 10.2. The van der Waals surface area contributed by atoms with Gasteiger partial charge in [0.05, 0.1) is 23.0 Å². The second-order valence-electron chi connectivity index (χ2n) is 3.44. The number of hydrogen-bond donors (Lipinski definition) is 0. The third kappa shape index (κ3) is 2.31. The summed E-state index contributed by atoms with van der Waals surface area (Å²) in [5.41, 5.74) is -0.474. The standard InChI is InChI=1S/C11H5ClF3N3/c12-9-1-2-10(7(3-9)4-16)18-6-8(5-17-18)11(13,14)15/h1-3,5-6H. The maximum absolute atomic E-state index is 12.4. The second-order valence-corrected chi connectivity index (χ2v) is 3.88. The third-order valence-corrected chi connectivity index (χ3v) is 2.47. The van der Waals surface area contributed by atoms with Crippen LogP contribution in [0.15, 0.2) is 30.6 Å². The monoisotopic (exact) mass is 271 g/mol. The Morgan fingerprint density at radius 1 is 1.33 bits per heavy atom. The van der Waals surface area contributed by atoms with E-state index in [1.165, 1.54) is 18.2 Å². The van der Waals surface area contributed by atoms with Crippen molar-refractivity contribution in [1.29, 1.82) is 5.26 Å². The van der Waals surface area contributed by atoms with Crippen LogP contribution in [0.2, 0.25) is 5.02 Å². The molecule has 0 aliphatic carbocycles. The Hall–Kier alpha value is -2.00. The van der Waals surface area contributed by atoms with Crippen molar-refractivity contribution in [3.63, 3.8) is 0 Å². The molecule has 7 heteroatoms. The molecule has 1 aromatic carbocycles. The Bertz CT molecular complexity index is 625. The van der Waals surface area contributed by atoms with Gasteiger partial charge in [0.1, 0.15) is 6.07 Å². The van der Waals surface area contributed by atoms with Crippen molar-refractivity contribution in [3.05, 3.63) is 46.7 Å². The molecule has 0 bridgehead atoms. The Kier molecular flexibility index (Phi) is 3.01. The van der Waals surface area contributed by atoms with Crippen LogP contribution >= 0.6 is 11.6 Å². The van der Waals surface area contributed by atoms with Gasteiger partial charge in [-0.1, -0.05) is 11.6 Å². The number of benzene rings is 1. The summed E-state index contributed by atoms with van der Waals surface area (Å²) in [6, 6.07) is 6.14. The van der Waals surface area contributed by atoms with Crippen LogP contribution in [0, 0.1) is 11.3 Å². The number of rotatable bonds is 1. The normalized spacial score (nSPS) is 11.3. The van der Waals surface area contributed by atoms with Crippen LogP contribution in [0.3, 0.4) is 0 Å². The van der Waals surface area contributed by atoms with Gasteiger partial charge in [-0.15, -0.1) is 0 Å². The van der Waals surface area contributed by atoms with Crippen molar-refractivity contribution in [2.45, 2.75) is 6.18 Å². The maximum Gasteiger partial charge on any atom is 0.419 e. The third-order valence-electron chi connectivity index (χ3n) is 2.24. The maximum atomic E-state index is 12.4. The summed E-state index contributed by atoms with van der Waals surface area (Å²) in [6.07, 6.45) is -2.93. The lowest BCUT2D eigenvalue weighted by Gasteiger charge is -2.04. The highest BCUT2D eigenvalue weighted by Gasteiger charge is 2.32. The highest BCUT2D eigenvalue weighted by atomic mass is 35.5. The van der Waals surface area contributed by atoms with Gasteiger partial charge in [-0.2, -0.15) is 23.5 Å². The molecule has 0 radical (unpaired) electrons. The number of aromatic nitrogens is 2. The van der Waals surface area contributed by atoms with Crippen LogP contribution in [0.25, 0.3) is 5.69 Å². The van der Waals surface area contributed by atoms with Crippen LogP contribution in [0.5, 0.6) is 0 Å². The van der Waals surface area contributed by atoms with Gasteiger partial charge in [0, 0.05) is 11.2 Å². The molecule has 18 heavy (non-hydrogen) atoms. The lowest BCUT2D eigenvalue weighted by molar-refractivity contribution is -0.137. The lowest BCUT2D eigenvalue weighted by Crippen LogP contribution is -2.03. The summed E-state index contributed by atoms with van der Waals surface area (Å²) in [7, 11) is 0. The molecule has 0 spiro atoms. The van der Waals surface area contributed by atoms with E-state index in [-0.39, 0.29) is 11.3 Å². The number of nitriles is 1. The first-order valence-electron chi connectivity index (χ1n) is 4.73. The molecule has 92 valence electrons. The zero-order valence-electron chi connectivity index (χ0n) is 8.74. The Labute approximate surface area is 105 Å². The molecule has 3 nitrogen and oxygen atoms in total. The van der Waals surface area contributed by atoms with E-state index in [9.17, 15) is 13.2 Å². The van der Waals surface area contributed by atoms with E-state index in [1.54, 1.807) is 0 Å². The molecule has 0 unspecified atom stereocenters. The van der Waals surface area contributed by atoms with Crippen molar-refractivity contribution >= 4 is 11.6 Å². The van der Waals surface area contributed by atoms with Gasteiger partial charge in [-0.3, -0.25) is 0 Å². The van der Waals surface area contributed by atoms with E-state index < -0.39 is 11.7 Å². The molecular formula is C11H5ClF3N3. The average molecular weight is 272 g/mol. The fraction of sp³-hybridized carbons (Fsp3) is 0.0909. The Balaban J connectivity index is 2.50. The first kappa shape index (κ1) is 12.5. The minimum Gasteiger partial charge on any atom is -0.239 e. The zero-order chi connectivity index (χ0) is 13.3. The van der Waals surface area contributed by atoms with E-state index in [4.69, 9.17) is 16.9 Å². The molecule has 0 aliphatic rings. The van der Waals surface area contributed by atoms with E-state index in [0.29, 0.717) is 11.2 Å². The van der Waals surface area contributed by atoms with Gasteiger partial charge in [0.2, 0.25) is 0 Å². The van der Waals surface area contributed by atoms with Gasteiger partial charge in [-0.25, -0.2) is 4.68 Å². The van der Waals surface area contributed by atoms with Crippen LogP contribution in [-0.2, 0) is 6.18 Å². The molecule has 0 aliphatic heterocycles. The van der Waals surface area contributed by atoms with E-state index in [1.807, 2.05) is 6.07 Å². The molecule has 2 aromatic rings. The molecule has 0 saturated heterocycles. The van der Waals surface area contributed by atoms with Gasteiger partial charge >= 0.3 is 6.18 Å². The van der Waals surface area contributed by atoms with E-state index in [0.717, 1.165) is 10.9 Å². The minimum atomic E-state index is -4.46. The molecule has 2 rings (SSSR count). The number of nitrogens with zero attached hydrogens (tertiary/aromatic N) is 3. The van der Waals surface area contributed by atoms with Gasteiger partial charge in [-0.05, 0) is 18.2 Å². The molecule has 1 heterocycles. The summed E-state index contributed by atoms with van der Waals surface area (Å²) < 4.78 is 38.3. The summed E-state index contributed by atoms with van der Waals surface area (Å²) >= 11 is 5.70. The Morgan fingerprint density at radius 2 is 2.06 bits per heavy atom. The molecule has 0 atom stereocenters. The quantitative estimate of drug-likeness (QED) is 0.797. The van der Waals surface area contributed by atoms with Crippen molar-refractivity contribution in [1.82, 2.24) is 9.78 Å². The van der Waals surface area contributed by atoms with Gasteiger partial charge in [0.15, 0.2) is 0 Å². The first-order valence-corrected chi connectivity index (χ1v) is 5.11. The van der Waals surface area contributed by atoms with Gasteiger partial charge < -0.3 is 0 Å². The molecular weight excluding hydrogens is 267 g/mol. The van der Waals surface area contributed by atoms with Crippen molar-refractivity contribution in [2.75, 3.05) is 0 Å². The topological polar surface area (TPSA) is 41.6 Å². The SMILES string of the molecule is N#Cc1cc(Cl)ccc1-n1cc(C(F)(F)F)cn1. The molecule has 0 N–H and O–H groups in total. The van der Waals surface area contributed by atoms with Crippen LogP contribution < -0.4 is 0 Å². The summed E-state index contributed by atoms with van der Waals surface area (Å²) in [6.45, 7) is 0. The van der Waals surface area contributed by atoms with E-state index >= 15 is 0 Å². The predicted molar refractivity (Wildman–Crippen MR) is 58.3 cm³/mol. The summed E-state index contributed by atoms with van der Waals surface area (Å²) in [5, 5.41) is 12.8. The smallest absolute Gasteiger partial charge is 0.239 e. The molecule has 0 amide bonds. The fourth-order valence-electron chi connectivity index (χ4n) is 1.40. The van der Waals surface area contributed by atoms with E-state index in [2.05, 4.69) is 5.10 Å². The van der Waals surface area contributed by atoms with Gasteiger partial charge in [0.25, 0.3) is 0 Å². The van der Waals surface area contributed by atoms with Crippen molar-refractivity contribution in [3.8, 4) is 11.8 Å². The van der Waals surface area contributed by atoms with Crippen LogP contribution in [-0.4, -0.2) is 9.78 Å². The second kappa shape index (κ2) is 4.35. The predicted octanol–water partition coefficient (Wildman–Crippen LogP) is 3.42. The highest BCUT2D eigenvalue weighted by Crippen LogP contribution is 2.29. The number of halogens is 4. The van der Waals surface area contributed by atoms with Crippen LogP contribution in [0.1, 0.15) is 11.1 Å². The number of alkyl halides is 3. The zero-order valence-corrected chi connectivity index (χ0v) is 9.50. The van der Waals surface area contributed by atoms with Crippen molar-refractivity contribution in [2.24, 2.45) is 0 Å². The summed E-state index contributed by atoms with van der Waals surface area (Å²) in [5.74, 6) is 0. The average Bonchev–Trinajstić information content (AvgIpc) is 2.77. The number of hydrogen-bond acceptors (Lipinski definition) is 2.